The number of carbonyl (C=O) groups excluding carboxylic acids is 1. The molecule has 0 radical (unpaired) electrons. The van der Waals surface area contributed by atoms with Gasteiger partial charge in [0.05, 0.1) is 19.2 Å². The summed E-state index contributed by atoms with van der Waals surface area (Å²) < 4.78 is 5.67. The Hall–Kier alpha value is -2.29. The zero-order chi connectivity index (χ0) is 19.1. The largest absolute Gasteiger partial charge is 0.493 e. The lowest BCUT2D eigenvalue weighted by atomic mass is 10.0. The van der Waals surface area contributed by atoms with Crippen LogP contribution in [0.2, 0.25) is 0 Å². The van der Waals surface area contributed by atoms with Crippen molar-refractivity contribution in [1.29, 1.82) is 0 Å². The Morgan fingerprint density at radius 2 is 2.07 bits per heavy atom. The summed E-state index contributed by atoms with van der Waals surface area (Å²) in [6.45, 7) is 3.76. The summed E-state index contributed by atoms with van der Waals surface area (Å²) in [5.74, 6) is 1.21. The maximum atomic E-state index is 12.1. The summed E-state index contributed by atoms with van der Waals surface area (Å²) >= 11 is 0. The number of benzene rings is 2. The third-order valence-electron chi connectivity index (χ3n) is 4.44. The van der Waals surface area contributed by atoms with E-state index >= 15 is 0 Å². The fourth-order valence-electron chi connectivity index (χ4n) is 3.04. The average Bonchev–Trinajstić information content (AvgIpc) is 2.71. The SMILES string of the molecule is CCCNC(=O)c1cccc(CN=C(N)NC2CCOc3ccccc32)c1.I. The van der Waals surface area contributed by atoms with Gasteiger partial charge in [-0.15, -0.1) is 24.0 Å². The highest BCUT2D eigenvalue weighted by Gasteiger charge is 2.21. The van der Waals surface area contributed by atoms with Crippen LogP contribution < -0.4 is 21.1 Å². The van der Waals surface area contributed by atoms with Crippen molar-refractivity contribution < 1.29 is 9.53 Å². The molecule has 1 amide bonds. The molecule has 2 aromatic rings. The highest BCUT2D eigenvalue weighted by atomic mass is 127. The normalized spacial score (nSPS) is 15.6. The van der Waals surface area contributed by atoms with Crippen molar-refractivity contribution in [2.24, 2.45) is 10.7 Å². The summed E-state index contributed by atoms with van der Waals surface area (Å²) in [7, 11) is 0. The number of nitrogens with zero attached hydrogens (tertiary/aromatic N) is 1. The Morgan fingerprint density at radius 3 is 2.89 bits per heavy atom. The van der Waals surface area contributed by atoms with E-state index in [1.165, 1.54) is 0 Å². The van der Waals surface area contributed by atoms with Crippen molar-refractivity contribution in [3.8, 4) is 5.75 Å². The number of ether oxygens (including phenoxy) is 1. The molecule has 0 saturated heterocycles. The third kappa shape index (κ3) is 5.85. The Balaban J connectivity index is 0.00000280. The van der Waals surface area contributed by atoms with E-state index < -0.39 is 0 Å². The summed E-state index contributed by atoms with van der Waals surface area (Å²) in [5, 5.41) is 6.16. The van der Waals surface area contributed by atoms with E-state index in [4.69, 9.17) is 10.5 Å². The number of hydrogen-bond donors (Lipinski definition) is 3. The first-order valence-electron chi connectivity index (χ1n) is 9.32. The lowest BCUT2D eigenvalue weighted by Gasteiger charge is -2.26. The fraction of sp³-hybridized carbons (Fsp3) is 0.333. The van der Waals surface area contributed by atoms with Gasteiger partial charge in [0.1, 0.15) is 5.75 Å². The molecule has 28 heavy (non-hydrogen) atoms. The molecule has 1 heterocycles. The van der Waals surface area contributed by atoms with Crippen LogP contribution in [-0.4, -0.2) is 25.0 Å². The van der Waals surface area contributed by atoms with Gasteiger partial charge in [-0.2, -0.15) is 0 Å². The second-order valence-electron chi connectivity index (χ2n) is 6.53. The number of halogens is 1. The van der Waals surface area contributed by atoms with E-state index in [1.54, 1.807) is 6.07 Å². The number of fused-ring (bicyclic) bond motifs is 1. The van der Waals surface area contributed by atoms with Gasteiger partial charge in [0, 0.05) is 24.1 Å². The van der Waals surface area contributed by atoms with Crippen LogP contribution in [0.25, 0.3) is 0 Å². The molecule has 150 valence electrons. The van der Waals surface area contributed by atoms with Crippen molar-refractivity contribution in [1.82, 2.24) is 10.6 Å². The average molecular weight is 494 g/mol. The minimum Gasteiger partial charge on any atom is -0.493 e. The van der Waals surface area contributed by atoms with Crippen LogP contribution in [-0.2, 0) is 6.54 Å². The van der Waals surface area contributed by atoms with Gasteiger partial charge in [0.25, 0.3) is 5.91 Å². The molecule has 1 atom stereocenters. The highest BCUT2D eigenvalue weighted by molar-refractivity contribution is 14.0. The second-order valence-corrected chi connectivity index (χ2v) is 6.53. The molecule has 0 spiro atoms. The van der Waals surface area contributed by atoms with E-state index in [2.05, 4.69) is 15.6 Å². The maximum Gasteiger partial charge on any atom is 0.251 e. The van der Waals surface area contributed by atoms with Crippen LogP contribution in [0.4, 0.5) is 0 Å². The predicted octanol–water partition coefficient (Wildman–Crippen LogP) is 3.37. The number of hydrogen-bond acceptors (Lipinski definition) is 3. The predicted molar refractivity (Wildman–Crippen MR) is 122 cm³/mol. The van der Waals surface area contributed by atoms with Crippen LogP contribution >= 0.6 is 24.0 Å². The van der Waals surface area contributed by atoms with Gasteiger partial charge in [-0.05, 0) is 30.2 Å². The van der Waals surface area contributed by atoms with E-state index in [0.29, 0.717) is 31.2 Å². The summed E-state index contributed by atoms with van der Waals surface area (Å²) in [4.78, 5) is 16.5. The molecule has 0 saturated carbocycles. The molecule has 0 aromatic heterocycles. The third-order valence-corrected chi connectivity index (χ3v) is 4.44. The van der Waals surface area contributed by atoms with Crippen LogP contribution in [0.3, 0.4) is 0 Å². The minimum atomic E-state index is -0.0624. The molecule has 1 aliphatic rings. The van der Waals surface area contributed by atoms with Crippen LogP contribution in [0.1, 0.15) is 47.3 Å². The molecule has 0 aliphatic carbocycles. The number of carbonyl (C=O) groups is 1. The molecule has 4 N–H and O–H groups in total. The molecule has 0 bridgehead atoms. The smallest absolute Gasteiger partial charge is 0.251 e. The van der Waals surface area contributed by atoms with Crippen molar-refractivity contribution in [3.63, 3.8) is 0 Å². The number of nitrogens with two attached hydrogens (primary N) is 1. The number of amides is 1. The maximum absolute atomic E-state index is 12.1. The molecule has 0 fully saturated rings. The summed E-state index contributed by atoms with van der Waals surface area (Å²) in [6.07, 6.45) is 1.74. The molecule has 2 aromatic carbocycles. The Kier molecular flexibility index (Phi) is 8.56. The Morgan fingerprint density at radius 1 is 1.25 bits per heavy atom. The molecule has 6 nitrogen and oxygen atoms in total. The van der Waals surface area contributed by atoms with Gasteiger partial charge in [0.2, 0.25) is 0 Å². The highest BCUT2D eigenvalue weighted by Crippen LogP contribution is 2.31. The fourth-order valence-corrected chi connectivity index (χ4v) is 3.04. The quantitative estimate of drug-likeness (QED) is 0.327. The van der Waals surface area contributed by atoms with E-state index in [1.807, 2.05) is 49.4 Å². The zero-order valence-corrected chi connectivity index (χ0v) is 18.3. The topological polar surface area (TPSA) is 88.7 Å². The van der Waals surface area contributed by atoms with Crippen molar-refractivity contribution in [2.45, 2.75) is 32.4 Å². The van der Waals surface area contributed by atoms with Gasteiger partial charge in [-0.1, -0.05) is 37.3 Å². The van der Waals surface area contributed by atoms with E-state index in [0.717, 1.165) is 29.7 Å². The van der Waals surface area contributed by atoms with Gasteiger partial charge < -0.3 is 21.1 Å². The standard InChI is InChI=1S/C21H26N4O2.HI/c1-2-11-23-20(26)16-7-5-6-15(13-16)14-24-21(22)25-18-10-12-27-19-9-4-3-8-17(18)19;/h3-9,13,18H,2,10-12,14H2,1H3,(H,23,26)(H3,22,24,25);1H. The van der Waals surface area contributed by atoms with Crippen LogP contribution in [0.5, 0.6) is 5.75 Å². The van der Waals surface area contributed by atoms with Gasteiger partial charge in [-0.25, -0.2) is 4.99 Å². The second kappa shape index (κ2) is 10.9. The lowest BCUT2D eigenvalue weighted by Crippen LogP contribution is -2.37. The molecule has 7 heteroatoms. The lowest BCUT2D eigenvalue weighted by molar-refractivity contribution is 0.0953. The zero-order valence-electron chi connectivity index (χ0n) is 16.0. The first kappa shape index (κ1) is 22.0. The number of para-hydroxylation sites is 1. The molecular weight excluding hydrogens is 467 g/mol. The van der Waals surface area contributed by atoms with E-state index in [-0.39, 0.29) is 35.9 Å². The summed E-state index contributed by atoms with van der Waals surface area (Å²) in [6, 6.07) is 15.5. The number of aliphatic imine (C=N–C) groups is 1. The van der Waals surface area contributed by atoms with Crippen molar-refractivity contribution >= 4 is 35.8 Å². The van der Waals surface area contributed by atoms with Gasteiger partial charge in [0.15, 0.2) is 5.96 Å². The van der Waals surface area contributed by atoms with E-state index in [9.17, 15) is 4.79 Å². The van der Waals surface area contributed by atoms with Crippen molar-refractivity contribution in [2.75, 3.05) is 13.2 Å². The molecule has 3 rings (SSSR count). The minimum absolute atomic E-state index is 0. The monoisotopic (exact) mass is 494 g/mol. The van der Waals surface area contributed by atoms with Gasteiger partial charge in [-0.3, -0.25) is 4.79 Å². The number of rotatable bonds is 6. The number of nitrogens with one attached hydrogen (secondary N) is 2. The first-order valence-corrected chi connectivity index (χ1v) is 9.32. The first-order chi connectivity index (χ1) is 13.2. The Labute approximate surface area is 183 Å². The van der Waals surface area contributed by atoms with Gasteiger partial charge >= 0.3 is 0 Å². The molecule has 1 unspecified atom stereocenters. The number of guanidine groups is 1. The molecule has 1 aliphatic heterocycles. The van der Waals surface area contributed by atoms with Crippen molar-refractivity contribution in [3.05, 3.63) is 65.2 Å². The van der Waals surface area contributed by atoms with Crippen LogP contribution in [0, 0.1) is 0 Å². The Bertz CT molecular complexity index is 826. The van der Waals surface area contributed by atoms with Crippen LogP contribution in [0.15, 0.2) is 53.5 Å². The summed E-state index contributed by atoms with van der Waals surface area (Å²) in [5.41, 5.74) is 8.77. The molecular formula is C21H27IN4O2.